The highest BCUT2D eigenvalue weighted by molar-refractivity contribution is 6.26. The van der Waals surface area contributed by atoms with Gasteiger partial charge in [-0.3, -0.25) is 15.0 Å². The predicted molar refractivity (Wildman–Crippen MR) is 33.0 cm³/mol. The summed E-state index contributed by atoms with van der Waals surface area (Å²) >= 11 is 0. The van der Waals surface area contributed by atoms with Crippen molar-refractivity contribution in [2.24, 2.45) is 0 Å². The van der Waals surface area contributed by atoms with Gasteiger partial charge in [0.1, 0.15) is 5.57 Å². The van der Waals surface area contributed by atoms with Crippen molar-refractivity contribution in [2.45, 2.75) is 13.1 Å². The number of carbonyl (C=O) groups is 2. The van der Waals surface area contributed by atoms with Crippen LogP contribution in [-0.2, 0) is 9.59 Å². The molecule has 3 nitrogen and oxygen atoms in total. The molecule has 0 bridgehead atoms. The highest BCUT2D eigenvalue weighted by Gasteiger charge is 2.42. The van der Waals surface area contributed by atoms with Crippen molar-refractivity contribution in [1.29, 1.82) is 5.41 Å². The molecule has 0 aromatic rings. The summed E-state index contributed by atoms with van der Waals surface area (Å²) in [7, 11) is 0. The van der Waals surface area contributed by atoms with E-state index in [1.165, 1.54) is 0 Å². The number of nitrogens with one attached hydrogen (secondary N) is 1. The number of hydrogen-bond acceptors (Lipinski definition) is 3. The van der Waals surface area contributed by atoms with Crippen LogP contribution in [0.15, 0.2) is 5.57 Å². The Balaban J connectivity index is 4.95. The monoisotopic (exact) mass is 179 g/mol. The molecule has 0 amide bonds. The Hall–Kier alpha value is -1.42. The lowest BCUT2D eigenvalue weighted by Gasteiger charge is -2.02. The number of Topliss-reactive ketones (excluding diaryl/α,β-unsaturated/α-hetero) is 2. The molecule has 0 aromatic heterocycles. The van der Waals surface area contributed by atoms with Gasteiger partial charge in [0.2, 0.25) is 0 Å². The van der Waals surface area contributed by atoms with Crippen molar-refractivity contribution in [3.05, 3.63) is 5.57 Å². The van der Waals surface area contributed by atoms with Crippen LogP contribution < -0.4 is 0 Å². The zero-order valence-corrected chi connectivity index (χ0v) is 5.95. The fourth-order valence-electron chi connectivity index (χ4n) is 0.446. The van der Waals surface area contributed by atoms with Crippen molar-refractivity contribution in [3.63, 3.8) is 0 Å². The van der Waals surface area contributed by atoms with Crippen LogP contribution in [0.25, 0.3) is 0 Å². The van der Waals surface area contributed by atoms with Gasteiger partial charge >= 0.3 is 6.18 Å². The summed E-state index contributed by atoms with van der Waals surface area (Å²) in [5.74, 6) is -2.29. The van der Waals surface area contributed by atoms with Crippen LogP contribution in [0.3, 0.4) is 0 Å². The van der Waals surface area contributed by atoms with Gasteiger partial charge in [-0.1, -0.05) is 0 Å². The third kappa shape index (κ3) is 2.32. The van der Waals surface area contributed by atoms with E-state index < -0.39 is 23.3 Å². The number of ketones is 2. The second-order valence-corrected chi connectivity index (χ2v) is 1.88. The zero-order valence-electron chi connectivity index (χ0n) is 5.95. The molecule has 0 radical (unpaired) electrons. The normalized spacial score (nSPS) is 10.3. The van der Waals surface area contributed by atoms with Crippen LogP contribution in [-0.4, -0.2) is 23.6 Å². The van der Waals surface area contributed by atoms with Gasteiger partial charge in [0, 0.05) is 0 Å². The van der Waals surface area contributed by atoms with E-state index in [0.29, 0.717) is 0 Å². The van der Waals surface area contributed by atoms with Crippen molar-refractivity contribution >= 4 is 17.4 Å². The highest BCUT2D eigenvalue weighted by Crippen LogP contribution is 2.19. The molecule has 0 aliphatic heterocycles. The van der Waals surface area contributed by atoms with Crippen molar-refractivity contribution in [1.82, 2.24) is 0 Å². The van der Waals surface area contributed by atoms with Crippen LogP contribution in [0, 0.1) is 5.41 Å². The molecule has 0 rings (SSSR count). The lowest BCUT2D eigenvalue weighted by Crippen LogP contribution is -2.27. The first-order valence-corrected chi connectivity index (χ1v) is 2.73. The molecular weight excluding hydrogens is 175 g/mol. The molecule has 0 fully saturated rings. The summed E-state index contributed by atoms with van der Waals surface area (Å²) < 4.78 is 34.8. The predicted octanol–water partition coefficient (Wildman–Crippen LogP) is 0.882. The molecular formula is C6H4F3NO2. The van der Waals surface area contributed by atoms with Gasteiger partial charge in [0.05, 0.1) is 0 Å². The van der Waals surface area contributed by atoms with E-state index >= 15 is 0 Å². The van der Waals surface area contributed by atoms with Crippen LogP contribution in [0.4, 0.5) is 13.2 Å². The fraction of sp³-hybridized carbons (Fsp3) is 0.333. The Labute approximate surface area is 65.4 Å². The topological polar surface area (TPSA) is 58.0 Å². The average Bonchev–Trinajstić information content (AvgIpc) is 1.86. The molecule has 0 aliphatic carbocycles. The van der Waals surface area contributed by atoms with Gasteiger partial charge in [-0.2, -0.15) is 13.2 Å². The largest absolute Gasteiger partial charge is 0.455 e. The van der Waals surface area contributed by atoms with Gasteiger partial charge in [-0.05, 0) is 12.8 Å². The van der Waals surface area contributed by atoms with Crippen molar-refractivity contribution < 1.29 is 22.8 Å². The second kappa shape index (κ2) is 3.32. The molecule has 12 heavy (non-hydrogen) atoms. The summed E-state index contributed by atoms with van der Waals surface area (Å²) in [6.07, 6.45) is -5.12. The van der Waals surface area contributed by atoms with Crippen LogP contribution in [0.1, 0.15) is 6.92 Å². The number of alkyl halides is 3. The number of hydrogen-bond donors (Lipinski definition) is 1. The van der Waals surface area contributed by atoms with Gasteiger partial charge in [-0.25, -0.2) is 0 Å². The van der Waals surface area contributed by atoms with Gasteiger partial charge in [0.25, 0.3) is 5.78 Å². The Kier molecular flexibility index (Phi) is 2.93. The van der Waals surface area contributed by atoms with Crippen molar-refractivity contribution in [2.75, 3.05) is 0 Å². The number of allylic oxidation sites excluding steroid dienone is 1. The average molecular weight is 179 g/mol. The quantitative estimate of drug-likeness (QED) is 0.296. The Morgan fingerprint density at radius 1 is 1.33 bits per heavy atom. The molecule has 0 aromatic carbocycles. The Morgan fingerprint density at radius 3 is 1.83 bits per heavy atom. The van der Waals surface area contributed by atoms with Gasteiger partial charge in [0.15, 0.2) is 5.78 Å². The van der Waals surface area contributed by atoms with E-state index in [9.17, 15) is 22.8 Å². The lowest BCUT2D eigenvalue weighted by molar-refractivity contribution is -0.166. The summed E-state index contributed by atoms with van der Waals surface area (Å²) in [5, 5.41) is 6.27. The smallest absolute Gasteiger partial charge is 0.294 e. The number of rotatable bonds is 2. The molecule has 0 unspecified atom stereocenters. The molecule has 0 spiro atoms. The van der Waals surface area contributed by atoms with Crippen molar-refractivity contribution in [3.8, 4) is 0 Å². The first kappa shape index (κ1) is 10.6. The highest BCUT2D eigenvalue weighted by atomic mass is 19.4. The maximum atomic E-state index is 11.6. The summed E-state index contributed by atoms with van der Waals surface area (Å²) in [4.78, 5) is 20.6. The minimum atomic E-state index is -5.12. The molecule has 0 saturated heterocycles. The number of carbonyl (C=O) groups excluding carboxylic acids is 2. The molecule has 0 saturated carbocycles. The minimum Gasteiger partial charge on any atom is -0.294 e. The van der Waals surface area contributed by atoms with Crippen LogP contribution in [0.5, 0.6) is 0 Å². The molecule has 0 heterocycles. The van der Waals surface area contributed by atoms with Crippen LogP contribution in [0.2, 0.25) is 0 Å². The lowest BCUT2D eigenvalue weighted by atomic mass is 10.1. The summed E-state index contributed by atoms with van der Waals surface area (Å²) in [6, 6.07) is 0. The standard InChI is InChI=1S/C6H4F3NO2/c1-3(11)4(2-10)5(12)6(7,8)9/h10H,1H3. The van der Waals surface area contributed by atoms with E-state index in [2.05, 4.69) is 0 Å². The second-order valence-electron chi connectivity index (χ2n) is 1.88. The summed E-state index contributed by atoms with van der Waals surface area (Å²) in [6.45, 7) is 0.764. The first-order chi connectivity index (χ1) is 5.30. The van der Waals surface area contributed by atoms with E-state index in [1.54, 1.807) is 0 Å². The molecule has 66 valence electrons. The van der Waals surface area contributed by atoms with Crippen LogP contribution >= 0.6 is 0 Å². The maximum absolute atomic E-state index is 11.6. The van der Waals surface area contributed by atoms with E-state index in [1.807, 2.05) is 0 Å². The molecule has 1 N–H and O–H groups in total. The van der Waals surface area contributed by atoms with E-state index in [4.69, 9.17) is 5.41 Å². The Morgan fingerprint density at radius 2 is 1.75 bits per heavy atom. The third-order valence-electron chi connectivity index (χ3n) is 0.962. The molecule has 0 atom stereocenters. The third-order valence-corrected chi connectivity index (χ3v) is 0.962. The van der Waals surface area contributed by atoms with Gasteiger partial charge < -0.3 is 0 Å². The fourth-order valence-corrected chi connectivity index (χ4v) is 0.446. The van der Waals surface area contributed by atoms with Gasteiger partial charge in [-0.15, -0.1) is 0 Å². The molecule has 0 aliphatic rings. The SMILES string of the molecule is CC(=O)C(=C=N)C(=O)C(F)(F)F. The Bertz CT molecular complexity index is 273. The molecule has 6 heteroatoms. The maximum Gasteiger partial charge on any atom is 0.455 e. The van der Waals surface area contributed by atoms with E-state index in [-0.39, 0.29) is 0 Å². The summed E-state index contributed by atoms with van der Waals surface area (Å²) in [5.41, 5.74) is -1.28. The zero-order chi connectivity index (χ0) is 9.94. The number of halogens is 3. The minimum absolute atomic E-state index is 0.764. The first-order valence-electron chi connectivity index (χ1n) is 2.73. The van der Waals surface area contributed by atoms with E-state index in [0.717, 1.165) is 12.8 Å².